The first-order chi connectivity index (χ1) is 37.7. The third kappa shape index (κ3) is 22.1. The molecular weight excluding hydrogens is 1920 g/mol. The fourth-order valence-electron chi connectivity index (χ4n) is 6.54. The van der Waals surface area contributed by atoms with Gasteiger partial charge in [0.25, 0.3) is 0 Å². The van der Waals surface area contributed by atoms with Gasteiger partial charge in [-0.2, -0.15) is 13.5 Å². The Morgan fingerprint density at radius 2 is 0.756 bits per heavy atom. The van der Waals surface area contributed by atoms with Crippen molar-refractivity contribution in [3.05, 3.63) is 197 Å². The number of carboxylic acids is 1. The summed E-state index contributed by atoms with van der Waals surface area (Å²) < 4.78 is 40.6. The second kappa shape index (κ2) is 37.6. The number of para-hydroxylation sites is 3. The molecule has 0 saturated carbocycles. The normalized spacial score (nSPS) is 9.84. The van der Waals surface area contributed by atoms with Gasteiger partial charge in [0.1, 0.15) is 5.34 Å². The second-order valence-corrected chi connectivity index (χ2v) is 15.1. The summed E-state index contributed by atoms with van der Waals surface area (Å²) >= 11 is 0. The van der Waals surface area contributed by atoms with Crippen molar-refractivity contribution in [1.29, 1.82) is 0 Å². The molecule has 0 saturated heterocycles. The Labute approximate surface area is 488 Å². The number of carbonyl (C=O) groups excluding carboxylic acids is 5. The van der Waals surface area contributed by atoms with E-state index in [1.54, 1.807) is 150 Å². The molecule has 0 heterocycles. The maximum atomic E-state index is 12.2. The number of nitrogens with one attached hydrogen (secondary N) is 3. The average Bonchev–Trinajstić information content (AvgIpc) is 3.46. The fraction of sp³-hybridized carbons (Fsp3) is 0.123. The van der Waals surface area contributed by atoms with E-state index in [0.717, 1.165) is 11.1 Å². The number of hydrogen-bond donors (Lipinski definition) is 4. The summed E-state index contributed by atoms with van der Waals surface area (Å²) in [5.41, 5.74) is 3.45. The number of nitrogens with zero attached hydrogens (tertiary/aromatic N) is 1. The number of carbonyl (C=O) groups is 6. The Kier molecular flexibility index (Phi) is 32.5. The van der Waals surface area contributed by atoms with E-state index < -0.39 is 29.7 Å². The van der Waals surface area contributed by atoms with E-state index in [0.29, 0.717) is 52.5 Å². The molecule has 0 aromatic heterocycles. The maximum absolute atomic E-state index is 12.2. The van der Waals surface area contributed by atoms with Crippen molar-refractivity contribution < 1.29 is 117 Å². The van der Waals surface area contributed by atoms with Gasteiger partial charge in [-0.05, 0) is 108 Å². The largest absolute Gasteiger partial charge is 0.634 e. The van der Waals surface area contributed by atoms with Crippen molar-refractivity contribution >= 4 is 70.9 Å². The molecule has 0 fully saturated rings. The molecule has 0 bridgehead atoms. The topological polar surface area (TPSA) is 271 Å². The zero-order valence-corrected chi connectivity index (χ0v) is 63.6. The van der Waals surface area contributed by atoms with E-state index in [2.05, 4.69) is 30.9 Å². The van der Waals surface area contributed by atoms with Crippen molar-refractivity contribution in [1.82, 2.24) is 0 Å². The van der Waals surface area contributed by atoms with Crippen molar-refractivity contribution in [3.63, 3.8) is 0 Å². The van der Waals surface area contributed by atoms with Crippen molar-refractivity contribution in [3.8, 4) is 34.5 Å². The summed E-state index contributed by atoms with van der Waals surface area (Å²) in [4.78, 5) is 85.1. The van der Waals surface area contributed by atoms with Gasteiger partial charge in [-0.15, -0.1) is 4.91 Å². The Bertz CT molecular complexity index is 3160. The maximum Gasteiger partial charge on any atom is 0.337 e. The number of hydrogen-bond acceptors (Lipinski definition) is 17. The molecule has 6 aromatic carbocycles. The van der Waals surface area contributed by atoms with Crippen LogP contribution in [0.5, 0.6) is 34.5 Å². The van der Waals surface area contributed by atoms with Crippen molar-refractivity contribution in [2.24, 2.45) is 5.34 Å². The van der Waals surface area contributed by atoms with E-state index in [9.17, 15) is 33.7 Å². The van der Waals surface area contributed by atoms with Crippen LogP contribution in [-0.4, -0.2) is 83.4 Å². The van der Waals surface area contributed by atoms with Crippen LogP contribution in [-0.2, 0) is 69.5 Å². The van der Waals surface area contributed by atoms with Crippen LogP contribution in [0.4, 0.5) is 17.1 Å². The number of benzene rings is 6. The molecular formula is C57H54N4O17Re2Rf2-2. The predicted molar refractivity (Wildman–Crippen MR) is 290 cm³/mol. The summed E-state index contributed by atoms with van der Waals surface area (Å²) in [6.07, 6.45) is 8.80. The van der Waals surface area contributed by atoms with Crippen LogP contribution in [0.1, 0.15) is 54.7 Å². The molecule has 82 heavy (non-hydrogen) atoms. The molecule has 0 unspecified atom stereocenters. The Morgan fingerprint density at radius 3 is 1.06 bits per heavy atom. The molecule has 3 amide bonds. The van der Waals surface area contributed by atoms with Crippen LogP contribution < -0.4 is 44.4 Å². The Morgan fingerprint density at radius 1 is 0.451 bits per heavy atom. The summed E-state index contributed by atoms with van der Waals surface area (Å²) in [5.74, 6) is -0.322. The number of anilines is 3. The van der Waals surface area contributed by atoms with Crippen LogP contribution in [0.25, 0.3) is 18.2 Å². The SMILES string of the molecule is COc1ccc(/C=C/C(=O)Nc2ccccc2C(=O)O)cc1OC.COc1ccc(/C=C/C(=O)Nc2ccccc2C(=O)O[CH-]ON=O)cc1OC.C[CH-]OC(=O)c1ccccc1NC(=O)/C=C/c1ccc(OC)c(OC)c1.[Re].[Re].[Rf].[Rf]. The molecule has 0 spiro atoms. The van der Waals surface area contributed by atoms with Gasteiger partial charge in [-0.1, -0.05) is 54.6 Å². The van der Waals surface area contributed by atoms with E-state index >= 15 is 0 Å². The van der Waals surface area contributed by atoms with E-state index in [1.807, 2.05) is 0 Å². The number of aromatic carboxylic acids is 1. The molecule has 21 nitrogen and oxygen atoms in total. The van der Waals surface area contributed by atoms with Gasteiger partial charge in [-0.25, -0.2) is 14.4 Å². The third-order valence-corrected chi connectivity index (χ3v) is 10.2. The van der Waals surface area contributed by atoms with E-state index in [4.69, 9.17) is 38.3 Å². The zero-order chi connectivity index (χ0) is 56.8. The number of rotatable bonds is 22. The zero-order valence-electron chi connectivity index (χ0n) is 45.3. The van der Waals surface area contributed by atoms with Crippen LogP contribution in [0, 0.1) is 18.3 Å². The van der Waals surface area contributed by atoms with Gasteiger partial charge in [0, 0.05) is 65.9 Å². The first-order valence-corrected chi connectivity index (χ1v) is 22.9. The summed E-state index contributed by atoms with van der Waals surface area (Å²) in [7, 11) is 9.22. The summed E-state index contributed by atoms with van der Waals surface area (Å²) in [5, 5.41) is 19.0. The Hall–Kier alpha value is -11.1. The second-order valence-electron chi connectivity index (χ2n) is 15.1. The molecule has 4 N–H and O–H groups in total. The first kappa shape index (κ1) is 70.9. The van der Waals surface area contributed by atoms with E-state index in [-0.39, 0.29) is 74.8 Å². The fourth-order valence-corrected chi connectivity index (χ4v) is 6.54. The monoisotopic (exact) mass is 1970 g/mol. The molecule has 6 aromatic rings. The minimum absolute atomic E-state index is 0. The average molecular weight is 1970 g/mol. The standard InChI is InChI=1S/C20H20NO5.C19H17N2O7.C18H17NO5.2Re.2Rf/c1-4-26-20(23)15-7-5-6-8-16(15)21-19(22)12-10-14-9-11-17(24-2)18(13-14)25-3;1-25-16-9-7-13(11-17(16)26-2)8-10-18(22)20-15-6-4-3-5-14(15)19(23)27-12-28-21-24;1-23-15-9-7-12(11-16(15)24-2)8-10-17(20)19-14-6-4-3-5-13(14)18(21)22;;;;/h4-13H,1-3H3,(H,21,22);3-12H,1-2H3,(H,20,22);3-11H,1-2H3,(H,19,20)(H,21,22);;;;/q2*-1;;;;;/b12-10+;2*10-8+;;;;. The van der Waals surface area contributed by atoms with Crippen molar-refractivity contribution in [2.45, 2.75) is 6.92 Å². The molecule has 0 atom stereocenters. The minimum atomic E-state index is -1.10. The van der Waals surface area contributed by atoms with Crippen LogP contribution in [0.15, 0.2) is 151 Å². The number of esters is 2. The molecule has 2 radical (unpaired) electrons. The minimum Gasteiger partial charge on any atom is -0.634 e. The summed E-state index contributed by atoms with van der Waals surface area (Å²) in [6.45, 7) is 3.38. The first-order valence-electron chi connectivity index (χ1n) is 22.9. The number of carboxylic acid groups (broad SMARTS) is 1. The molecule has 0 aliphatic carbocycles. The number of methoxy groups -OCH3 is 6. The third-order valence-electron chi connectivity index (χ3n) is 10.2. The van der Waals surface area contributed by atoms with E-state index in [1.165, 1.54) is 70.4 Å². The number of ether oxygens (including phenoxy) is 8. The molecule has 0 aliphatic rings. The van der Waals surface area contributed by atoms with Crippen LogP contribution in [0.2, 0.25) is 0 Å². The quantitative estimate of drug-likeness (QED) is 0.0123. The van der Waals surface area contributed by atoms with Crippen molar-refractivity contribution in [2.75, 3.05) is 58.6 Å². The van der Waals surface area contributed by atoms with Gasteiger partial charge < -0.3 is 63.8 Å². The molecule has 424 valence electrons. The molecule has 6 rings (SSSR count). The number of amides is 3. The van der Waals surface area contributed by atoms with Gasteiger partial charge in [0.15, 0.2) is 34.5 Å². The predicted octanol–water partition coefficient (Wildman–Crippen LogP) is 10.1. The van der Waals surface area contributed by atoms with Gasteiger partial charge in [0.2, 0.25) is 17.7 Å². The van der Waals surface area contributed by atoms with Crippen LogP contribution >= 0.6 is 0 Å². The molecule has 0 aliphatic heterocycles. The Balaban J connectivity index is 0.00000117. The summed E-state index contributed by atoms with van der Waals surface area (Å²) in [6, 6.07) is 34.8. The van der Waals surface area contributed by atoms with Crippen LogP contribution in [0.3, 0.4) is 0 Å². The molecule has 25 heteroatoms. The van der Waals surface area contributed by atoms with Gasteiger partial charge >= 0.3 is 17.9 Å². The smallest absolute Gasteiger partial charge is 0.337 e. The van der Waals surface area contributed by atoms with Gasteiger partial charge in [-0.3, -0.25) is 14.4 Å². The van der Waals surface area contributed by atoms with Gasteiger partial charge in [0.05, 0.1) is 76.4 Å².